The Morgan fingerprint density at radius 1 is 1.29 bits per heavy atom. The molecule has 86 valence electrons. The van der Waals surface area contributed by atoms with Crippen molar-refractivity contribution in [3.05, 3.63) is 35.7 Å². The lowest BCUT2D eigenvalue weighted by Crippen LogP contribution is -2.10. The highest BCUT2D eigenvalue weighted by atomic mass is 35.5. The summed E-state index contributed by atoms with van der Waals surface area (Å²) in [6.07, 6.45) is 1.66. The Kier molecular flexibility index (Phi) is 2.26. The molecule has 2 heterocycles. The lowest BCUT2D eigenvalue weighted by molar-refractivity contribution is 0.414. The quantitative estimate of drug-likeness (QED) is 0.709. The van der Waals surface area contributed by atoms with Crippen molar-refractivity contribution >= 4 is 22.8 Å². The van der Waals surface area contributed by atoms with Crippen LogP contribution >= 0.6 is 11.6 Å². The molecule has 0 saturated carbocycles. The fraction of sp³-hybridized carbons (Fsp3) is 0.0909. The number of ether oxygens (including phenoxy) is 1. The third kappa shape index (κ3) is 1.64. The van der Waals surface area contributed by atoms with Gasteiger partial charge in [0.1, 0.15) is 11.3 Å². The van der Waals surface area contributed by atoms with Gasteiger partial charge in [-0.2, -0.15) is 4.98 Å². The molecule has 0 aliphatic carbocycles. The molecule has 0 spiro atoms. The van der Waals surface area contributed by atoms with Crippen LogP contribution in [0.3, 0.4) is 0 Å². The molecule has 17 heavy (non-hydrogen) atoms. The van der Waals surface area contributed by atoms with Gasteiger partial charge in [0.2, 0.25) is 5.28 Å². The van der Waals surface area contributed by atoms with Gasteiger partial charge in [0.05, 0.1) is 19.0 Å². The van der Waals surface area contributed by atoms with E-state index < -0.39 is 0 Å². The first-order valence-corrected chi connectivity index (χ1v) is 5.39. The number of nitrogens with zero attached hydrogens (tertiary/aromatic N) is 3. The predicted molar refractivity (Wildman–Crippen MR) is 64.8 cm³/mol. The zero-order valence-electron chi connectivity index (χ0n) is 9.01. The Morgan fingerprint density at radius 2 is 2.06 bits per heavy atom. The van der Waals surface area contributed by atoms with Crippen LogP contribution in [-0.2, 0) is 0 Å². The van der Waals surface area contributed by atoms with Crippen molar-refractivity contribution < 1.29 is 4.74 Å². The molecule has 2 aromatic heterocycles. The number of aromatic nitrogens is 4. The summed E-state index contributed by atoms with van der Waals surface area (Å²) in [5.41, 5.74) is 2.61. The zero-order chi connectivity index (χ0) is 11.8. The molecule has 1 aromatic carbocycles. The number of aromatic amines is 1. The molecular formula is C11H9ClN4O. The van der Waals surface area contributed by atoms with Gasteiger partial charge in [-0.15, -0.1) is 0 Å². The summed E-state index contributed by atoms with van der Waals surface area (Å²) in [6, 6.07) is 7.64. The number of hydrogen-bond donors (Lipinski definition) is 1. The summed E-state index contributed by atoms with van der Waals surface area (Å²) in [7, 11) is 1.64. The largest absolute Gasteiger partial charge is 0.497 e. The van der Waals surface area contributed by atoms with Gasteiger partial charge in [0, 0.05) is 0 Å². The summed E-state index contributed by atoms with van der Waals surface area (Å²) in [6.45, 7) is 0. The van der Waals surface area contributed by atoms with Crippen LogP contribution in [0.25, 0.3) is 16.9 Å². The Morgan fingerprint density at radius 3 is 2.76 bits per heavy atom. The summed E-state index contributed by atoms with van der Waals surface area (Å²) >= 11 is 5.75. The summed E-state index contributed by atoms with van der Waals surface area (Å²) in [4.78, 5) is 8.04. The number of hydrogen-bond acceptors (Lipinski definition) is 3. The first kappa shape index (κ1) is 10.2. The maximum Gasteiger partial charge on any atom is 0.224 e. The highest BCUT2D eigenvalue weighted by Crippen LogP contribution is 2.20. The van der Waals surface area contributed by atoms with Crippen LogP contribution < -0.4 is 4.74 Å². The lowest BCUT2D eigenvalue weighted by atomic mass is 10.3. The molecule has 0 aliphatic heterocycles. The van der Waals surface area contributed by atoms with Gasteiger partial charge in [-0.3, -0.25) is 5.10 Å². The molecule has 0 aliphatic rings. The van der Waals surface area contributed by atoms with E-state index in [-0.39, 0.29) is 5.28 Å². The third-order valence-electron chi connectivity index (χ3n) is 2.51. The molecule has 0 unspecified atom stereocenters. The Labute approximate surface area is 102 Å². The van der Waals surface area contributed by atoms with E-state index in [1.165, 1.54) is 0 Å². The molecule has 3 aromatic rings. The van der Waals surface area contributed by atoms with E-state index in [0.29, 0.717) is 0 Å². The van der Waals surface area contributed by atoms with E-state index in [0.717, 1.165) is 22.6 Å². The van der Waals surface area contributed by atoms with E-state index in [4.69, 9.17) is 16.3 Å². The molecule has 0 saturated heterocycles. The van der Waals surface area contributed by atoms with Crippen molar-refractivity contribution in [1.29, 1.82) is 0 Å². The van der Waals surface area contributed by atoms with Crippen molar-refractivity contribution in [1.82, 2.24) is 19.7 Å². The number of methoxy groups -OCH3 is 1. The first-order chi connectivity index (χ1) is 8.28. The summed E-state index contributed by atoms with van der Waals surface area (Å²) in [5.74, 6) is 0.815. The molecule has 0 atom stereocenters. The number of nitrogens with one attached hydrogen (secondary N) is 1. The van der Waals surface area contributed by atoms with E-state index >= 15 is 0 Å². The van der Waals surface area contributed by atoms with Crippen molar-refractivity contribution in [2.24, 2.45) is 0 Å². The van der Waals surface area contributed by atoms with Gasteiger partial charge < -0.3 is 4.74 Å². The molecule has 6 heteroatoms. The van der Waals surface area contributed by atoms with E-state index in [2.05, 4.69) is 15.1 Å². The Bertz CT molecular complexity index is 656. The molecule has 1 N–H and O–H groups in total. The summed E-state index contributed by atoms with van der Waals surface area (Å²) < 4.78 is 6.94. The maximum absolute atomic E-state index is 5.75. The van der Waals surface area contributed by atoms with Crippen LogP contribution in [0, 0.1) is 0 Å². The van der Waals surface area contributed by atoms with Crippen LogP contribution in [0.5, 0.6) is 5.75 Å². The van der Waals surface area contributed by atoms with Crippen molar-refractivity contribution in [2.45, 2.75) is 0 Å². The fourth-order valence-corrected chi connectivity index (χ4v) is 1.77. The minimum Gasteiger partial charge on any atom is -0.497 e. The van der Waals surface area contributed by atoms with Crippen LogP contribution in [0.15, 0.2) is 30.5 Å². The number of fused-ring (bicyclic) bond motifs is 1. The van der Waals surface area contributed by atoms with Crippen LogP contribution in [0.1, 0.15) is 0 Å². The molecule has 0 bridgehead atoms. The van der Waals surface area contributed by atoms with Crippen molar-refractivity contribution in [3.8, 4) is 11.4 Å². The van der Waals surface area contributed by atoms with Crippen molar-refractivity contribution in [2.75, 3.05) is 7.11 Å². The average molecular weight is 249 g/mol. The second-order valence-corrected chi connectivity index (χ2v) is 3.86. The van der Waals surface area contributed by atoms with Crippen LogP contribution in [-0.4, -0.2) is 26.9 Å². The Balaban J connectivity index is 2.05. The third-order valence-corrected chi connectivity index (χ3v) is 2.70. The van der Waals surface area contributed by atoms with Gasteiger partial charge in [0.25, 0.3) is 0 Å². The topological polar surface area (TPSA) is 55.7 Å². The van der Waals surface area contributed by atoms with E-state index in [9.17, 15) is 0 Å². The van der Waals surface area contributed by atoms with Gasteiger partial charge in [-0.05, 0) is 35.9 Å². The fourth-order valence-electron chi connectivity index (χ4n) is 1.64. The van der Waals surface area contributed by atoms with Gasteiger partial charge >= 0.3 is 0 Å². The molecule has 0 radical (unpaired) electrons. The number of rotatable bonds is 2. The SMILES string of the molecule is COc1ccc(-n2[nH]c3cnc(Cl)nc32)cc1. The maximum atomic E-state index is 5.75. The van der Waals surface area contributed by atoms with Gasteiger partial charge in [-0.1, -0.05) is 0 Å². The Hall–Kier alpha value is -2.01. The number of H-pyrrole nitrogens is 1. The van der Waals surface area contributed by atoms with E-state index in [1.54, 1.807) is 13.3 Å². The molecule has 0 amide bonds. The van der Waals surface area contributed by atoms with Gasteiger partial charge in [0.15, 0.2) is 5.65 Å². The monoisotopic (exact) mass is 248 g/mol. The number of halogens is 1. The zero-order valence-corrected chi connectivity index (χ0v) is 9.77. The molecular weight excluding hydrogens is 240 g/mol. The normalized spacial score (nSPS) is 10.9. The minimum absolute atomic E-state index is 0.240. The standard InChI is InChI=1S/C11H9ClN4O/c1-17-8-4-2-7(3-5-8)16-10-9(15-16)6-13-11(12)14-10/h2-6,15H,1H3. The summed E-state index contributed by atoms with van der Waals surface area (Å²) in [5, 5.41) is 3.35. The molecule has 0 fully saturated rings. The highest BCUT2D eigenvalue weighted by Gasteiger charge is 2.09. The second-order valence-electron chi connectivity index (χ2n) is 3.52. The molecule has 3 rings (SSSR count). The first-order valence-electron chi connectivity index (χ1n) is 5.01. The van der Waals surface area contributed by atoms with Crippen LogP contribution in [0.2, 0.25) is 5.28 Å². The lowest BCUT2D eigenvalue weighted by Gasteiger charge is -2.15. The van der Waals surface area contributed by atoms with Gasteiger partial charge in [-0.25, -0.2) is 9.67 Å². The highest BCUT2D eigenvalue weighted by molar-refractivity contribution is 6.28. The smallest absolute Gasteiger partial charge is 0.224 e. The molecule has 5 nitrogen and oxygen atoms in total. The minimum atomic E-state index is 0.240. The van der Waals surface area contributed by atoms with E-state index in [1.807, 2.05) is 28.9 Å². The van der Waals surface area contributed by atoms with Crippen molar-refractivity contribution in [3.63, 3.8) is 0 Å². The second kappa shape index (κ2) is 3.78. The average Bonchev–Trinajstić information content (AvgIpc) is 2.34. The predicted octanol–water partition coefficient (Wildman–Crippen LogP) is 2.41. The number of benzene rings is 1. The van der Waals surface area contributed by atoms with Crippen LogP contribution in [0.4, 0.5) is 0 Å².